The summed E-state index contributed by atoms with van der Waals surface area (Å²) in [5.41, 5.74) is 5.27. The standard InChI is InChI=1S/C15H28N2O3/c1-4-6-8-9-11-17(13(3)14(16)18)15(19)20-12-10-7-5-2/h8-9,13H,4-7,10-12H2,1-3H3,(H2,16,18)/b9-8+. The number of carbonyl (C=O) groups is 2. The maximum Gasteiger partial charge on any atom is 0.410 e. The molecule has 0 saturated carbocycles. The third-order valence-corrected chi connectivity index (χ3v) is 3.01. The van der Waals surface area contributed by atoms with Gasteiger partial charge in [-0.15, -0.1) is 0 Å². The van der Waals surface area contributed by atoms with Crippen LogP contribution in [0.25, 0.3) is 0 Å². The second kappa shape index (κ2) is 11.3. The van der Waals surface area contributed by atoms with E-state index in [9.17, 15) is 9.59 Å². The number of allylic oxidation sites excluding steroid dienone is 1. The lowest BCUT2D eigenvalue weighted by atomic mass is 10.2. The normalized spacial score (nSPS) is 12.3. The molecule has 1 atom stereocenters. The molecule has 0 radical (unpaired) electrons. The van der Waals surface area contributed by atoms with E-state index in [1.54, 1.807) is 6.92 Å². The smallest absolute Gasteiger partial charge is 0.410 e. The molecule has 0 rings (SSSR count). The average Bonchev–Trinajstić information content (AvgIpc) is 2.42. The number of unbranched alkanes of at least 4 members (excludes halogenated alkanes) is 3. The van der Waals surface area contributed by atoms with Crippen molar-refractivity contribution in [1.82, 2.24) is 4.90 Å². The van der Waals surface area contributed by atoms with Crippen LogP contribution in [0.3, 0.4) is 0 Å². The highest BCUT2D eigenvalue weighted by atomic mass is 16.6. The molecule has 2 N–H and O–H groups in total. The first-order valence-electron chi connectivity index (χ1n) is 7.42. The lowest BCUT2D eigenvalue weighted by Gasteiger charge is -2.25. The average molecular weight is 284 g/mol. The van der Waals surface area contributed by atoms with Crippen molar-refractivity contribution in [1.29, 1.82) is 0 Å². The number of rotatable bonds is 10. The van der Waals surface area contributed by atoms with Crippen LogP contribution < -0.4 is 5.73 Å². The topological polar surface area (TPSA) is 72.6 Å². The number of ether oxygens (including phenoxy) is 1. The van der Waals surface area contributed by atoms with Gasteiger partial charge in [-0.25, -0.2) is 4.79 Å². The van der Waals surface area contributed by atoms with Crippen LogP contribution in [0.2, 0.25) is 0 Å². The third kappa shape index (κ3) is 7.81. The van der Waals surface area contributed by atoms with Gasteiger partial charge in [0.1, 0.15) is 6.04 Å². The van der Waals surface area contributed by atoms with Crippen molar-refractivity contribution >= 4 is 12.0 Å². The minimum absolute atomic E-state index is 0.344. The van der Waals surface area contributed by atoms with Gasteiger partial charge in [0.05, 0.1) is 6.61 Å². The van der Waals surface area contributed by atoms with E-state index in [1.165, 1.54) is 4.90 Å². The van der Waals surface area contributed by atoms with Crippen molar-refractivity contribution < 1.29 is 14.3 Å². The minimum Gasteiger partial charge on any atom is -0.449 e. The monoisotopic (exact) mass is 284 g/mol. The molecule has 20 heavy (non-hydrogen) atoms. The van der Waals surface area contributed by atoms with E-state index in [0.29, 0.717) is 13.2 Å². The first kappa shape index (κ1) is 18.5. The van der Waals surface area contributed by atoms with Gasteiger partial charge in [0.25, 0.3) is 0 Å². The Balaban J connectivity index is 4.42. The van der Waals surface area contributed by atoms with Crippen LogP contribution in [0, 0.1) is 0 Å². The molecule has 0 aromatic rings. The number of carbonyl (C=O) groups excluding carboxylic acids is 2. The Morgan fingerprint density at radius 1 is 1.20 bits per heavy atom. The van der Waals surface area contributed by atoms with Crippen LogP contribution in [-0.2, 0) is 9.53 Å². The number of nitrogens with zero attached hydrogens (tertiary/aromatic N) is 1. The largest absolute Gasteiger partial charge is 0.449 e. The van der Waals surface area contributed by atoms with E-state index >= 15 is 0 Å². The number of hydrogen-bond acceptors (Lipinski definition) is 3. The summed E-state index contributed by atoms with van der Waals surface area (Å²) >= 11 is 0. The zero-order valence-electron chi connectivity index (χ0n) is 12.9. The number of amides is 2. The third-order valence-electron chi connectivity index (χ3n) is 3.01. The molecule has 0 aromatic carbocycles. The fourth-order valence-electron chi connectivity index (χ4n) is 1.61. The van der Waals surface area contributed by atoms with Gasteiger partial charge in [0.2, 0.25) is 5.91 Å². The van der Waals surface area contributed by atoms with Gasteiger partial charge < -0.3 is 10.5 Å². The van der Waals surface area contributed by atoms with Gasteiger partial charge >= 0.3 is 6.09 Å². The highest BCUT2D eigenvalue weighted by Gasteiger charge is 2.24. The second-order valence-corrected chi connectivity index (χ2v) is 4.81. The quantitative estimate of drug-likeness (QED) is 0.495. The molecule has 0 aliphatic carbocycles. The summed E-state index contributed by atoms with van der Waals surface area (Å²) in [5, 5.41) is 0. The maximum atomic E-state index is 12.0. The molecular weight excluding hydrogens is 256 g/mol. The predicted molar refractivity (Wildman–Crippen MR) is 80.3 cm³/mol. The van der Waals surface area contributed by atoms with Crippen molar-refractivity contribution in [3.05, 3.63) is 12.2 Å². The summed E-state index contributed by atoms with van der Waals surface area (Å²) in [6.45, 7) is 6.51. The summed E-state index contributed by atoms with van der Waals surface area (Å²) in [4.78, 5) is 24.6. The van der Waals surface area contributed by atoms with Gasteiger partial charge in [-0.3, -0.25) is 9.69 Å². The first-order chi connectivity index (χ1) is 9.54. The van der Waals surface area contributed by atoms with Crippen LogP contribution >= 0.6 is 0 Å². The number of hydrogen-bond donors (Lipinski definition) is 1. The second-order valence-electron chi connectivity index (χ2n) is 4.81. The predicted octanol–water partition coefficient (Wildman–Crippen LogP) is 2.85. The Kier molecular flexibility index (Phi) is 10.5. The molecule has 0 fully saturated rings. The van der Waals surface area contributed by atoms with E-state index in [4.69, 9.17) is 10.5 Å². The van der Waals surface area contributed by atoms with Gasteiger partial charge in [-0.1, -0.05) is 45.3 Å². The van der Waals surface area contributed by atoms with Crippen LogP contribution in [0.5, 0.6) is 0 Å². The van der Waals surface area contributed by atoms with Crippen LogP contribution in [-0.4, -0.2) is 36.1 Å². The summed E-state index contributed by atoms with van der Waals surface area (Å²) in [7, 11) is 0. The minimum atomic E-state index is -0.667. The van der Waals surface area contributed by atoms with E-state index in [0.717, 1.165) is 32.1 Å². The van der Waals surface area contributed by atoms with Crippen LogP contribution in [0.15, 0.2) is 12.2 Å². The molecule has 0 aliphatic heterocycles. The Bertz CT molecular complexity index is 316. The van der Waals surface area contributed by atoms with E-state index < -0.39 is 18.0 Å². The zero-order chi connectivity index (χ0) is 15.4. The van der Waals surface area contributed by atoms with Crippen molar-refractivity contribution in [2.24, 2.45) is 5.73 Å². The molecule has 0 bridgehead atoms. The summed E-state index contributed by atoms with van der Waals surface area (Å²) in [6, 6.07) is -0.667. The fraction of sp³-hybridized carbons (Fsp3) is 0.733. The SMILES string of the molecule is CCC/C=C/CN(C(=O)OCCCCC)C(C)C(N)=O. The van der Waals surface area contributed by atoms with Crippen LogP contribution in [0.4, 0.5) is 4.79 Å². The van der Waals surface area contributed by atoms with Crippen LogP contribution in [0.1, 0.15) is 52.9 Å². The molecular formula is C15H28N2O3. The van der Waals surface area contributed by atoms with Crippen molar-refractivity contribution in [3.63, 3.8) is 0 Å². The Hall–Kier alpha value is -1.52. The fourth-order valence-corrected chi connectivity index (χ4v) is 1.61. The molecule has 116 valence electrons. The molecule has 0 spiro atoms. The van der Waals surface area contributed by atoms with Crippen molar-refractivity contribution in [3.8, 4) is 0 Å². The first-order valence-corrected chi connectivity index (χ1v) is 7.42. The summed E-state index contributed by atoms with van der Waals surface area (Å²) in [5.74, 6) is -0.528. The number of primary amides is 1. The molecule has 0 heterocycles. The van der Waals surface area contributed by atoms with Gasteiger partial charge in [0.15, 0.2) is 0 Å². The Labute approximate surface area is 122 Å². The summed E-state index contributed by atoms with van der Waals surface area (Å²) in [6.07, 6.45) is 8.31. The molecule has 1 unspecified atom stereocenters. The zero-order valence-corrected chi connectivity index (χ0v) is 12.9. The van der Waals surface area contributed by atoms with E-state index in [1.807, 2.05) is 12.2 Å². The van der Waals surface area contributed by atoms with Crippen molar-refractivity contribution in [2.45, 2.75) is 58.9 Å². The molecule has 5 heteroatoms. The van der Waals surface area contributed by atoms with E-state index in [2.05, 4.69) is 13.8 Å². The van der Waals surface area contributed by atoms with Gasteiger partial charge in [0, 0.05) is 6.54 Å². The highest BCUT2D eigenvalue weighted by molar-refractivity contribution is 5.83. The van der Waals surface area contributed by atoms with Gasteiger partial charge in [-0.2, -0.15) is 0 Å². The molecule has 5 nitrogen and oxygen atoms in total. The lowest BCUT2D eigenvalue weighted by molar-refractivity contribution is -0.122. The molecule has 2 amide bonds. The molecule has 0 aromatic heterocycles. The summed E-state index contributed by atoms with van der Waals surface area (Å²) < 4.78 is 5.18. The number of nitrogens with two attached hydrogens (primary N) is 1. The lowest BCUT2D eigenvalue weighted by Crippen LogP contribution is -2.46. The van der Waals surface area contributed by atoms with Crippen molar-refractivity contribution in [2.75, 3.05) is 13.2 Å². The van der Waals surface area contributed by atoms with Gasteiger partial charge in [-0.05, 0) is 19.8 Å². The molecule has 0 saturated heterocycles. The Morgan fingerprint density at radius 3 is 2.45 bits per heavy atom. The molecule has 0 aliphatic rings. The Morgan fingerprint density at radius 2 is 1.90 bits per heavy atom. The highest BCUT2D eigenvalue weighted by Crippen LogP contribution is 2.05. The maximum absolute atomic E-state index is 12.0. The van der Waals surface area contributed by atoms with E-state index in [-0.39, 0.29) is 0 Å².